The highest BCUT2D eigenvalue weighted by Gasteiger charge is 2.39. The second kappa shape index (κ2) is 13.4. The summed E-state index contributed by atoms with van der Waals surface area (Å²) in [4.78, 5) is 56.6. The number of fused-ring (bicyclic) bond motifs is 1. The van der Waals surface area contributed by atoms with Gasteiger partial charge in [-0.15, -0.1) is 0 Å². The number of piperidine rings is 3. The third-order valence-electron chi connectivity index (χ3n) is 11.6. The van der Waals surface area contributed by atoms with E-state index in [4.69, 9.17) is 0 Å². The Kier molecular flexibility index (Phi) is 8.81. The van der Waals surface area contributed by atoms with Gasteiger partial charge in [0, 0.05) is 56.8 Å². The first-order valence-corrected chi connectivity index (χ1v) is 18.3. The van der Waals surface area contributed by atoms with Crippen molar-refractivity contribution >= 4 is 23.4 Å². The number of imide groups is 1. The average Bonchev–Trinajstić information content (AvgIpc) is 3.89. The number of anilines is 1. The highest BCUT2D eigenvalue weighted by atomic mass is 16.2. The number of nitrogens with zero attached hydrogens (tertiary/aromatic N) is 5. The summed E-state index contributed by atoms with van der Waals surface area (Å²) in [5.74, 6) is 0.467. The Morgan fingerprint density at radius 3 is 2.36 bits per heavy atom. The van der Waals surface area contributed by atoms with E-state index in [0.717, 1.165) is 81.6 Å². The molecule has 1 unspecified atom stereocenters. The minimum absolute atomic E-state index is 0.0269. The fourth-order valence-corrected chi connectivity index (χ4v) is 8.75. The van der Waals surface area contributed by atoms with Crippen molar-refractivity contribution in [2.75, 3.05) is 38.5 Å². The summed E-state index contributed by atoms with van der Waals surface area (Å²) in [6.07, 6.45) is 7.79. The molecule has 3 saturated heterocycles. The summed E-state index contributed by atoms with van der Waals surface area (Å²) in [6.45, 7) is 5.35. The Labute approximate surface area is 293 Å². The Balaban J connectivity index is 0.850. The van der Waals surface area contributed by atoms with E-state index in [1.54, 1.807) is 11.9 Å². The lowest BCUT2D eigenvalue weighted by molar-refractivity contribution is -0.136. The van der Waals surface area contributed by atoms with Crippen LogP contribution < -0.4 is 16.2 Å². The maximum atomic E-state index is 13.1. The van der Waals surface area contributed by atoms with Gasteiger partial charge in [-0.05, 0) is 105 Å². The molecule has 1 aromatic heterocycles. The van der Waals surface area contributed by atoms with Gasteiger partial charge in [0.05, 0.1) is 11.9 Å². The first-order valence-electron chi connectivity index (χ1n) is 18.3. The average molecular weight is 678 g/mol. The topological polar surface area (TPSA) is 120 Å². The molecule has 2 aromatic carbocycles. The summed E-state index contributed by atoms with van der Waals surface area (Å²) < 4.78 is 1.46. The van der Waals surface area contributed by atoms with Gasteiger partial charge < -0.3 is 15.1 Å². The molecule has 4 aliphatic heterocycles. The predicted molar refractivity (Wildman–Crippen MR) is 190 cm³/mol. The molecule has 262 valence electrons. The van der Waals surface area contributed by atoms with Gasteiger partial charge in [0.1, 0.15) is 6.04 Å². The first-order chi connectivity index (χ1) is 24.2. The first kappa shape index (κ1) is 32.8. The molecule has 3 amide bonds. The van der Waals surface area contributed by atoms with E-state index in [-0.39, 0.29) is 35.7 Å². The number of hydrogen-bond donors (Lipinski definition) is 2. The zero-order valence-corrected chi connectivity index (χ0v) is 29.1. The number of likely N-dealkylation sites (N-methyl/N-ethyl adjacent to an activating group) is 1. The Bertz CT molecular complexity index is 1860. The van der Waals surface area contributed by atoms with E-state index in [2.05, 4.69) is 69.0 Å². The van der Waals surface area contributed by atoms with Gasteiger partial charge in [-0.25, -0.2) is 4.68 Å². The van der Waals surface area contributed by atoms with Crippen LogP contribution in [-0.2, 0) is 29.7 Å². The molecular formula is C39H47N7O4. The van der Waals surface area contributed by atoms with Crippen molar-refractivity contribution in [1.29, 1.82) is 0 Å². The molecule has 3 atom stereocenters. The van der Waals surface area contributed by atoms with Crippen LogP contribution in [0.3, 0.4) is 0 Å². The summed E-state index contributed by atoms with van der Waals surface area (Å²) in [6, 6.07) is 15.1. The zero-order chi connectivity index (χ0) is 34.5. The molecule has 8 rings (SSSR count). The molecule has 5 aliphatic rings. The van der Waals surface area contributed by atoms with Crippen LogP contribution in [0.15, 0.2) is 53.5 Å². The minimum atomic E-state index is -0.582. The molecular weight excluding hydrogens is 630 g/mol. The van der Waals surface area contributed by atoms with Crippen LogP contribution in [-0.4, -0.2) is 87.5 Å². The third-order valence-corrected chi connectivity index (χ3v) is 11.6. The number of rotatable bonds is 8. The predicted octanol–water partition coefficient (Wildman–Crippen LogP) is 3.70. The standard InChI is InChI=1S/C39H47N7O4/c1-43-21-29(18-31(23-43)41-33-19-40-44(2)39(50)36(33)27-7-8-27)25-5-3-24(4-6-25)20-45-15-13-26(14-16-45)28-9-10-32-30(17-28)22-46(38(32)49)34-11-12-35(47)42-37(34)48/h3-6,9-10,17,19,26-27,29,31,34,41H,7-8,11-16,18,20-23H2,1-2H3,(H,42,47,48)/t29-,31+,34?/m0/s1. The molecule has 5 heterocycles. The van der Waals surface area contributed by atoms with E-state index in [0.29, 0.717) is 36.3 Å². The molecule has 3 aromatic rings. The van der Waals surface area contributed by atoms with Gasteiger partial charge in [0.25, 0.3) is 11.5 Å². The third kappa shape index (κ3) is 6.60. The monoisotopic (exact) mass is 677 g/mol. The number of benzene rings is 2. The van der Waals surface area contributed by atoms with Crippen molar-refractivity contribution in [1.82, 2.24) is 29.8 Å². The quantitative estimate of drug-likeness (QED) is 0.347. The summed E-state index contributed by atoms with van der Waals surface area (Å²) >= 11 is 0. The van der Waals surface area contributed by atoms with Gasteiger partial charge in [-0.3, -0.25) is 29.4 Å². The smallest absolute Gasteiger partial charge is 0.272 e. The second-order valence-electron chi connectivity index (χ2n) is 15.3. The van der Waals surface area contributed by atoms with Crippen LogP contribution in [0.1, 0.15) is 101 Å². The normalized spacial score (nSPS) is 25.1. The number of nitrogens with one attached hydrogen (secondary N) is 2. The number of aryl methyl sites for hydroxylation is 1. The number of carbonyl (C=O) groups is 3. The van der Waals surface area contributed by atoms with E-state index in [1.807, 2.05) is 12.3 Å². The van der Waals surface area contributed by atoms with Gasteiger partial charge in [-0.1, -0.05) is 36.4 Å². The largest absolute Gasteiger partial charge is 0.379 e. The van der Waals surface area contributed by atoms with Crippen LogP contribution in [0, 0.1) is 0 Å². The lowest BCUT2D eigenvalue weighted by atomic mass is 9.87. The van der Waals surface area contributed by atoms with Crippen molar-refractivity contribution in [3.8, 4) is 0 Å². The van der Waals surface area contributed by atoms with E-state index in [1.165, 1.54) is 21.4 Å². The molecule has 1 aliphatic carbocycles. The highest BCUT2D eigenvalue weighted by molar-refractivity contribution is 6.05. The van der Waals surface area contributed by atoms with E-state index < -0.39 is 6.04 Å². The molecule has 50 heavy (non-hydrogen) atoms. The van der Waals surface area contributed by atoms with Gasteiger partial charge in [0.2, 0.25) is 11.8 Å². The zero-order valence-electron chi connectivity index (χ0n) is 29.1. The van der Waals surface area contributed by atoms with E-state index >= 15 is 0 Å². The molecule has 11 nitrogen and oxygen atoms in total. The Morgan fingerprint density at radius 2 is 1.62 bits per heavy atom. The number of hydrogen-bond acceptors (Lipinski definition) is 8. The van der Waals surface area contributed by atoms with Crippen molar-refractivity contribution in [2.24, 2.45) is 7.05 Å². The van der Waals surface area contributed by atoms with Crippen molar-refractivity contribution in [2.45, 2.75) is 87.9 Å². The highest BCUT2D eigenvalue weighted by Crippen LogP contribution is 2.42. The second-order valence-corrected chi connectivity index (χ2v) is 15.3. The minimum Gasteiger partial charge on any atom is -0.379 e. The number of amides is 3. The molecule has 0 bridgehead atoms. The van der Waals surface area contributed by atoms with Crippen molar-refractivity contribution in [3.63, 3.8) is 0 Å². The maximum Gasteiger partial charge on any atom is 0.272 e. The van der Waals surface area contributed by atoms with Gasteiger partial charge in [-0.2, -0.15) is 5.10 Å². The molecule has 0 spiro atoms. The molecule has 0 radical (unpaired) electrons. The van der Waals surface area contributed by atoms with Crippen LogP contribution in [0.5, 0.6) is 0 Å². The summed E-state index contributed by atoms with van der Waals surface area (Å²) in [5.41, 5.74) is 7.47. The van der Waals surface area contributed by atoms with Gasteiger partial charge in [0.15, 0.2) is 0 Å². The summed E-state index contributed by atoms with van der Waals surface area (Å²) in [7, 11) is 3.91. The summed E-state index contributed by atoms with van der Waals surface area (Å²) in [5, 5.41) is 10.4. The Morgan fingerprint density at radius 1 is 0.860 bits per heavy atom. The van der Waals surface area contributed by atoms with Gasteiger partial charge >= 0.3 is 0 Å². The molecule has 11 heteroatoms. The van der Waals surface area contributed by atoms with Crippen molar-refractivity contribution < 1.29 is 14.4 Å². The molecule has 4 fully saturated rings. The fraction of sp³-hybridized carbons (Fsp3) is 0.513. The van der Waals surface area contributed by atoms with Crippen LogP contribution >= 0.6 is 0 Å². The number of carbonyl (C=O) groups excluding carboxylic acids is 3. The maximum absolute atomic E-state index is 13.1. The SMILES string of the molecule is CN1C[C@H](Nc2cnn(C)c(=O)c2C2CC2)C[C@H](c2ccc(CN3CCC(c4ccc5c(c4)CN(C4CCC(=O)NC4=O)C5=O)CC3)cc2)C1. The van der Waals surface area contributed by atoms with Crippen LogP contribution in [0.25, 0.3) is 0 Å². The van der Waals surface area contributed by atoms with Crippen LogP contribution in [0.4, 0.5) is 5.69 Å². The number of likely N-dealkylation sites (tertiary alicyclic amines) is 2. The fourth-order valence-electron chi connectivity index (χ4n) is 8.75. The Hall–Kier alpha value is -4.35. The van der Waals surface area contributed by atoms with Crippen molar-refractivity contribution in [3.05, 3.63) is 92.4 Å². The lowest BCUT2D eigenvalue weighted by Gasteiger charge is -2.37. The lowest BCUT2D eigenvalue weighted by Crippen LogP contribution is -2.52. The molecule has 1 saturated carbocycles. The van der Waals surface area contributed by atoms with Crippen LogP contribution in [0.2, 0.25) is 0 Å². The molecule has 2 N–H and O–H groups in total. The van der Waals surface area contributed by atoms with E-state index in [9.17, 15) is 19.2 Å². The number of aromatic nitrogens is 2.